The molecule has 0 fully saturated rings. The Balaban J connectivity index is 2.14. The molecule has 1 heterocycles. The zero-order chi connectivity index (χ0) is 14.3. The fraction of sp³-hybridized carbons (Fsp3) is 0.133. The van der Waals surface area contributed by atoms with Gasteiger partial charge in [0.1, 0.15) is 5.75 Å². The average molecular weight is 308 g/mol. The van der Waals surface area contributed by atoms with Crippen LogP contribution >= 0.6 is 23.2 Å². The predicted octanol–water partition coefficient (Wildman–Crippen LogP) is 3.74. The Morgan fingerprint density at radius 1 is 1.10 bits per heavy atom. The van der Waals surface area contributed by atoms with Crippen molar-refractivity contribution in [2.24, 2.45) is 0 Å². The summed E-state index contributed by atoms with van der Waals surface area (Å²) in [5.41, 5.74) is 7.97. The fourth-order valence-corrected chi connectivity index (χ4v) is 2.72. The molecule has 2 aromatic carbocycles. The van der Waals surface area contributed by atoms with Gasteiger partial charge in [-0.15, -0.1) is 0 Å². The quantitative estimate of drug-likeness (QED) is 0.679. The molecule has 0 aliphatic carbocycles. The minimum atomic E-state index is -0.231. The molecule has 0 unspecified atom stereocenters. The van der Waals surface area contributed by atoms with E-state index in [9.17, 15) is 4.79 Å². The zero-order valence-electron chi connectivity index (χ0n) is 10.5. The maximum atomic E-state index is 12.7. The van der Waals surface area contributed by atoms with E-state index in [-0.39, 0.29) is 5.78 Å². The summed E-state index contributed by atoms with van der Waals surface area (Å²) in [4.78, 5) is 12.7. The number of halogens is 2. The number of nitrogen functional groups attached to an aromatic ring is 1. The lowest BCUT2D eigenvalue weighted by Gasteiger charge is -2.10. The molecule has 0 saturated heterocycles. The summed E-state index contributed by atoms with van der Waals surface area (Å²) in [5, 5.41) is 0.973. The van der Waals surface area contributed by atoms with Gasteiger partial charge in [-0.2, -0.15) is 0 Å². The highest BCUT2D eigenvalue weighted by Crippen LogP contribution is 2.35. The van der Waals surface area contributed by atoms with E-state index in [0.717, 1.165) is 12.0 Å². The summed E-state index contributed by atoms with van der Waals surface area (Å²) in [6.45, 7) is 0.557. The van der Waals surface area contributed by atoms with Gasteiger partial charge in [0, 0.05) is 27.7 Å². The predicted molar refractivity (Wildman–Crippen MR) is 79.9 cm³/mol. The van der Waals surface area contributed by atoms with Crippen LogP contribution in [0.3, 0.4) is 0 Å². The van der Waals surface area contributed by atoms with E-state index >= 15 is 0 Å². The first-order valence-electron chi connectivity index (χ1n) is 6.11. The maximum Gasteiger partial charge on any atom is 0.198 e. The summed E-state index contributed by atoms with van der Waals surface area (Å²) < 4.78 is 5.54. The molecule has 102 valence electrons. The first kappa shape index (κ1) is 13.3. The van der Waals surface area contributed by atoms with Crippen LogP contribution < -0.4 is 10.5 Å². The van der Waals surface area contributed by atoms with Crippen LogP contribution in [0.1, 0.15) is 21.5 Å². The first-order valence-corrected chi connectivity index (χ1v) is 6.87. The summed E-state index contributed by atoms with van der Waals surface area (Å²) in [6, 6.07) is 8.24. The second-order valence-corrected chi connectivity index (χ2v) is 5.47. The molecule has 1 aliphatic rings. The van der Waals surface area contributed by atoms with E-state index in [1.54, 1.807) is 24.3 Å². The second kappa shape index (κ2) is 5.00. The molecule has 0 spiro atoms. The van der Waals surface area contributed by atoms with E-state index in [0.29, 0.717) is 39.2 Å². The zero-order valence-corrected chi connectivity index (χ0v) is 12.0. The minimum Gasteiger partial charge on any atom is -0.492 e. The molecule has 2 N–H and O–H groups in total. The highest BCUT2D eigenvalue weighted by molar-refractivity contribution is 6.32. The SMILES string of the molecule is Nc1ccc(Cl)cc1C(=O)c1cc(Cl)cc2c1OCC2. The summed E-state index contributed by atoms with van der Waals surface area (Å²) >= 11 is 12.0. The number of carbonyl (C=O) groups is 1. The molecule has 0 amide bonds. The van der Waals surface area contributed by atoms with Crippen molar-refractivity contribution in [3.63, 3.8) is 0 Å². The molecule has 5 heteroatoms. The molecule has 0 atom stereocenters. The molecule has 0 bridgehead atoms. The number of hydrogen-bond donors (Lipinski definition) is 1. The summed E-state index contributed by atoms with van der Waals surface area (Å²) in [5.74, 6) is 0.365. The molecule has 3 rings (SSSR count). The van der Waals surface area contributed by atoms with Crippen LogP contribution in [-0.2, 0) is 6.42 Å². The minimum absolute atomic E-state index is 0.231. The molecular weight excluding hydrogens is 297 g/mol. The number of nitrogens with two attached hydrogens (primary N) is 1. The van der Waals surface area contributed by atoms with Gasteiger partial charge in [0.2, 0.25) is 0 Å². The number of ketones is 1. The van der Waals surface area contributed by atoms with Crippen molar-refractivity contribution in [3.05, 3.63) is 57.1 Å². The number of benzene rings is 2. The van der Waals surface area contributed by atoms with E-state index in [4.69, 9.17) is 33.7 Å². The smallest absolute Gasteiger partial charge is 0.198 e. The van der Waals surface area contributed by atoms with Crippen molar-refractivity contribution < 1.29 is 9.53 Å². The first-order chi connectivity index (χ1) is 9.56. The van der Waals surface area contributed by atoms with Gasteiger partial charge in [-0.25, -0.2) is 0 Å². The lowest BCUT2D eigenvalue weighted by Crippen LogP contribution is -2.07. The Labute approximate surface area is 126 Å². The molecule has 20 heavy (non-hydrogen) atoms. The van der Waals surface area contributed by atoms with Gasteiger partial charge in [0.25, 0.3) is 0 Å². The van der Waals surface area contributed by atoms with Crippen molar-refractivity contribution in [1.29, 1.82) is 0 Å². The van der Waals surface area contributed by atoms with Crippen molar-refractivity contribution in [3.8, 4) is 5.75 Å². The number of carbonyl (C=O) groups excluding carboxylic acids is 1. The van der Waals surface area contributed by atoms with E-state index in [1.807, 2.05) is 6.07 Å². The largest absolute Gasteiger partial charge is 0.492 e. The van der Waals surface area contributed by atoms with Crippen molar-refractivity contribution in [1.82, 2.24) is 0 Å². The van der Waals surface area contributed by atoms with E-state index in [2.05, 4.69) is 0 Å². The van der Waals surface area contributed by atoms with E-state index in [1.165, 1.54) is 0 Å². The van der Waals surface area contributed by atoms with E-state index < -0.39 is 0 Å². The Morgan fingerprint density at radius 2 is 1.85 bits per heavy atom. The molecule has 3 nitrogen and oxygen atoms in total. The molecule has 0 radical (unpaired) electrons. The number of rotatable bonds is 2. The highest BCUT2D eigenvalue weighted by atomic mass is 35.5. The summed E-state index contributed by atoms with van der Waals surface area (Å²) in [7, 11) is 0. The fourth-order valence-electron chi connectivity index (χ4n) is 2.31. The van der Waals surface area contributed by atoms with Crippen LogP contribution in [0.4, 0.5) is 5.69 Å². The third kappa shape index (κ3) is 2.23. The standard InChI is InChI=1S/C15H11Cl2NO2/c16-9-1-2-13(18)11(6-9)14(19)12-7-10(17)5-8-3-4-20-15(8)12/h1-2,5-7H,3-4,18H2. The normalized spacial score (nSPS) is 12.9. The van der Waals surface area contributed by atoms with Crippen LogP contribution in [-0.4, -0.2) is 12.4 Å². The number of hydrogen-bond acceptors (Lipinski definition) is 3. The van der Waals surface area contributed by atoms with Crippen molar-refractivity contribution in [2.45, 2.75) is 6.42 Å². The van der Waals surface area contributed by atoms with Crippen molar-refractivity contribution in [2.75, 3.05) is 12.3 Å². The van der Waals surface area contributed by atoms with Crippen LogP contribution in [0, 0.1) is 0 Å². The lowest BCUT2D eigenvalue weighted by atomic mass is 9.98. The average Bonchev–Trinajstić information content (AvgIpc) is 2.87. The molecule has 0 saturated carbocycles. The van der Waals surface area contributed by atoms with Crippen LogP contribution in [0.25, 0.3) is 0 Å². The van der Waals surface area contributed by atoms with Crippen LogP contribution in [0.5, 0.6) is 5.75 Å². The van der Waals surface area contributed by atoms with Gasteiger partial charge < -0.3 is 10.5 Å². The Hall–Kier alpha value is -1.71. The topological polar surface area (TPSA) is 52.3 Å². The second-order valence-electron chi connectivity index (χ2n) is 4.60. The number of anilines is 1. The molecule has 1 aliphatic heterocycles. The number of fused-ring (bicyclic) bond motifs is 1. The highest BCUT2D eigenvalue weighted by Gasteiger charge is 2.24. The van der Waals surface area contributed by atoms with Gasteiger partial charge >= 0.3 is 0 Å². The molecular formula is C15H11Cl2NO2. The Morgan fingerprint density at radius 3 is 2.65 bits per heavy atom. The monoisotopic (exact) mass is 307 g/mol. The van der Waals surface area contributed by atoms with Gasteiger partial charge in [0.05, 0.1) is 12.2 Å². The van der Waals surface area contributed by atoms with Crippen molar-refractivity contribution >= 4 is 34.7 Å². The third-order valence-corrected chi connectivity index (χ3v) is 3.71. The third-order valence-electron chi connectivity index (χ3n) is 3.25. The van der Waals surface area contributed by atoms with Crippen LogP contribution in [0.15, 0.2) is 30.3 Å². The summed E-state index contributed by atoms with van der Waals surface area (Å²) in [6.07, 6.45) is 0.751. The Bertz CT molecular complexity index is 713. The van der Waals surface area contributed by atoms with Gasteiger partial charge in [0.15, 0.2) is 5.78 Å². The van der Waals surface area contributed by atoms with Gasteiger partial charge in [-0.1, -0.05) is 23.2 Å². The molecule has 2 aromatic rings. The lowest BCUT2D eigenvalue weighted by molar-refractivity contribution is 0.103. The maximum absolute atomic E-state index is 12.7. The van der Waals surface area contributed by atoms with Gasteiger partial charge in [-0.05, 0) is 35.9 Å². The Kier molecular flexibility index (Phi) is 3.32. The van der Waals surface area contributed by atoms with Crippen LogP contribution in [0.2, 0.25) is 10.0 Å². The number of ether oxygens (including phenoxy) is 1. The van der Waals surface area contributed by atoms with Gasteiger partial charge in [-0.3, -0.25) is 4.79 Å². The molecule has 0 aromatic heterocycles.